The summed E-state index contributed by atoms with van der Waals surface area (Å²) in [5, 5.41) is 3.98. The summed E-state index contributed by atoms with van der Waals surface area (Å²) in [6.45, 7) is 6.84. The fourth-order valence-corrected chi connectivity index (χ4v) is 1.98. The summed E-state index contributed by atoms with van der Waals surface area (Å²) in [5.41, 5.74) is 7.25. The second kappa shape index (κ2) is 6.02. The van der Waals surface area contributed by atoms with E-state index < -0.39 is 0 Å². The number of hydrogen-bond donors (Lipinski definition) is 1. The van der Waals surface area contributed by atoms with Crippen molar-refractivity contribution in [2.45, 2.75) is 52.1 Å². The van der Waals surface area contributed by atoms with Crippen molar-refractivity contribution in [3.8, 4) is 0 Å². The molecule has 0 saturated carbocycles. The highest BCUT2D eigenvalue weighted by atomic mass is 16.5. The van der Waals surface area contributed by atoms with Gasteiger partial charge in [0.1, 0.15) is 0 Å². The van der Waals surface area contributed by atoms with E-state index in [0.717, 1.165) is 18.4 Å². The van der Waals surface area contributed by atoms with E-state index in [1.54, 1.807) is 0 Å². The van der Waals surface area contributed by atoms with Crippen LogP contribution in [0.2, 0.25) is 0 Å². The van der Waals surface area contributed by atoms with Crippen molar-refractivity contribution in [2.75, 3.05) is 0 Å². The van der Waals surface area contributed by atoms with Gasteiger partial charge in [0.05, 0.1) is 6.54 Å². The van der Waals surface area contributed by atoms with Crippen LogP contribution in [-0.2, 0) is 6.54 Å². The predicted molar refractivity (Wildman–Crippen MR) is 73.8 cm³/mol. The Kier molecular flexibility index (Phi) is 4.37. The van der Waals surface area contributed by atoms with Crippen LogP contribution in [0, 0.1) is 0 Å². The van der Waals surface area contributed by atoms with E-state index in [-0.39, 0.29) is 12.0 Å². The first-order valence-corrected chi connectivity index (χ1v) is 6.84. The Labute approximate surface area is 113 Å². The molecule has 19 heavy (non-hydrogen) atoms. The van der Waals surface area contributed by atoms with E-state index in [1.165, 1.54) is 0 Å². The summed E-state index contributed by atoms with van der Waals surface area (Å²) in [6, 6.07) is 2.17. The van der Waals surface area contributed by atoms with Gasteiger partial charge in [0, 0.05) is 24.4 Å². The van der Waals surface area contributed by atoms with Crippen molar-refractivity contribution in [1.82, 2.24) is 14.7 Å². The minimum absolute atomic E-state index is 0.114. The number of nitrogens with two attached hydrogens (primary N) is 1. The SMILES string of the molecule is CCCC(N)c1ccn(Cc2noc(C(C)C)n2)c1. The molecular weight excluding hydrogens is 240 g/mol. The fraction of sp³-hybridized carbons (Fsp3) is 0.571. The zero-order valence-electron chi connectivity index (χ0n) is 11.8. The van der Waals surface area contributed by atoms with E-state index >= 15 is 0 Å². The van der Waals surface area contributed by atoms with Crippen LogP contribution in [0.1, 0.15) is 62.9 Å². The maximum absolute atomic E-state index is 6.09. The summed E-state index contributed by atoms with van der Waals surface area (Å²) in [5.74, 6) is 1.65. The molecule has 2 aromatic rings. The molecule has 0 fully saturated rings. The standard InChI is InChI=1S/C14H22N4O/c1-4-5-12(15)11-6-7-18(8-11)9-13-16-14(10(2)3)19-17-13/h6-8,10,12H,4-5,9,15H2,1-3H3. The van der Waals surface area contributed by atoms with Gasteiger partial charge in [-0.25, -0.2) is 0 Å². The van der Waals surface area contributed by atoms with Crippen LogP contribution in [-0.4, -0.2) is 14.7 Å². The topological polar surface area (TPSA) is 69.9 Å². The number of hydrogen-bond acceptors (Lipinski definition) is 4. The molecule has 0 saturated heterocycles. The van der Waals surface area contributed by atoms with E-state index in [9.17, 15) is 0 Å². The normalized spacial score (nSPS) is 13.1. The Balaban J connectivity index is 2.02. The summed E-state index contributed by atoms with van der Waals surface area (Å²) in [6.07, 6.45) is 6.17. The maximum Gasteiger partial charge on any atom is 0.229 e. The van der Waals surface area contributed by atoms with Crippen LogP contribution in [0.5, 0.6) is 0 Å². The van der Waals surface area contributed by atoms with Gasteiger partial charge in [-0.2, -0.15) is 4.98 Å². The Hall–Kier alpha value is -1.62. The number of nitrogens with zero attached hydrogens (tertiary/aromatic N) is 3. The summed E-state index contributed by atoms with van der Waals surface area (Å²) in [4.78, 5) is 4.37. The molecule has 2 N–H and O–H groups in total. The van der Waals surface area contributed by atoms with Gasteiger partial charge in [0.15, 0.2) is 5.82 Å². The first-order chi connectivity index (χ1) is 9.10. The van der Waals surface area contributed by atoms with Gasteiger partial charge in [0.25, 0.3) is 0 Å². The van der Waals surface area contributed by atoms with Crippen LogP contribution in [0.3, 0.4) is 0 Å². The molecule has 104 valence electrons. The highest BCUT2D eigenvalue weighted by Crippen LogP contribution is 2.17. The fourth-order valence-electron chi connectivity index (χ4n) is 1.98. The largest absolute Gasteiger partial charge is 0.346 e. The predicted octanol–water partition coefficient (Wildman–Crippen LogP) is 2.84. The van der Waals surface area contributed by atoms with Crippen LogP contribution in [0.15, 0.2) is 23.0 Å². The maximum atomic E-state index is 6.09. The van der Waals surface area contributed by atoms with Gasteiger partial charge < -0.3 is 14.8 Å². The molecule has 0 bridgehead atoms. The number of rotatable bonds is 6. The average molecular weight is 262 g/mol. The van der Waals surface area contributed by atoms with Crippen molar-refractivity contribution >= 4 is 0 Å². The molecular formula is C14H22N4O. The summed E-state index contributed by atoms with van der Waals surface area (Å²) < 4.78 is 7.23. The van der Waals surface area contributed by atoms with Gasteiger partial charge in [0.2, 0.25) is 5.89 Å². The van der Waals surface area contributed by atoms with Crippen molar-refractivity contribution in [3.05, 3.63) is 35.7 Å². The molecule has 0 aliphatic rings. The number of aromatic nitrogens is 3. The van der Waals surface area contributed by atoms with Crippen molar-refractivity contribution in [1.29, 1.82) is 0 Å². The second-order valence-electron chi connectivity index (χ2n) is 5.22. The Morgan fingerprint density at radius 1 is 1.42 bits per heavy atom. The summed E-state index contributed by atoms with van der Waals surface area (Å²) in [7, 11) is 0. The Bertz CT molecular complexity index is 515. The first kappa shape index (κ1) is 13.8. The van der Waals surface area contributed by atoms with Crippen molar-refractivity contribution in [2.24, 2.45) is 5.73 Å². The van der Waals surface area contributed by atoms with Gasteiger partial charge in [-0.3, -0.25) is 0 Å². The van der Waals surface area contributed by atoms with Crippen molar-refractivity contribution in [3.63, 3.8) is 0 Å². The third-order valence-electron chi connectivity index (χ3n) is 3.10. The summed E-state index contributed by atoms with van der Waals surface area (Å²) >= 11 is 0. The second-order valence-corrected chi connectivity index (χ2v) is 5.22. The van der Waals surface area contributed by atoms with E-state index in [2.05, 4.69) is 29.3 Å². The van der Waals surface area contributed by atoms with Gasteiger partial charge in [-0.05, 0) is 18.1 Å². The molecule has 0 aromatic carbocycles. The molecule has 1 unspecified atom stereocenters. The average Bonchev–Trinajstić information content (AvgIpc) is 2.99. The zero-order chi connectivity index (χ0) is 13.8. The van der Waals surface area contributed by atoms with Crippen LogP contribution in [0.4, 0.5) is 0 Å². The molecule has 0 aliphatic heterocycles. The van der Waals surface area contributed by atoms with Crippen molar-refractivity contribution < 1.29 is 4.52 Å². The quantitative estimate of drug-likeness (QED) is 0.869. The molecule has 0 amide bonds. The minimum atomic E-state index is 0.114. The van der Waals surface area contributed by atoms with Gasteiger partial charge >= 0.3 is 0 Å². The Morgan fingerprint density at radius 3 is 2.84 bits per heavy atom. The van der Waals surface area contributed by atoms with E-state index in [4.69, 9.17) is 10.3 Å². The molecule has 0 spiro atoms. The van der Waals surface area contributed by atoms with Gasteiger partial charge in [-0.15, -0.1) is 0 Å². The third kappa shape index (κ3) is 3.44. The van der Waals surface area contributed by atoms with Crippen LogP contribution in [0.25, 0.3) is 0 Å². The molecule has 2 rings (SSSR count). The lowest BCUT2D eigenvalue weighted by Gasteiger charge is -2.07. The molecule has 0 aliphatic carbocycles. The van der Waals surface area contributed by atoms with Gasteiger partial charge in [-0.1, -0.05) is 32.3 Å². The lowest BCUT2D eigenvalue weighted by Crippen LogP contribution is -2.08. The smallest absolute Gasteiger partial charge is 0.229 e. The lowest BCUT2D eigenvalue weighted by molar-refractivity contribution is 0.360. The van der Waals surface area contributed by atoms with Crippen LogP contribution >= 0.6 is 0 Å². The van der Waals surface area contributed by atoms with E-state index in [1.807, 2.05) is 24.6 Å². The monoisotopic (exact) mass is 262 g/mol. The molecule has 0 radical (unpaired) electrons. The molecule has 1 atom stereocenters. The van der Waals surface area contributed by atoms with E-state index in [0.29, 0.717) is 18.3 Å². The molecule has 5 heteroatoms. The minimum Gasteiger partial charge on any atom is -0.346 e. The molecule has 2 heterocycles. The zero-order valence-corrected chi connectivity index (χ0v) is 11.8. The third-order valence-corrected chi connectivity index (χ3v) is 3.10. The highest BCUT2D eigenvalue weighted by Gasteiger charge is 2.11. The molecule has 2 aromatic heterocycles. The molecule has 5 nitrogen and oxygen atoms in total. The Morgan fingerprint density at radius 2 is 2.21 bits per heavy atom. The highest BCUT2D eigenvalue weighted by molar-refractivity contribution is 5.15. The first-order valence-electron chi connectivity index (χ1n) is 6.84. The van der Waals surface area contributed by atoms with Crippen LogP contribution < -0.4 is 5.73 Å². The lowest BCUT2D eigenvalue weighted by atomic mass is 10.1.